The number of methoxy groups -OCH3 is 1. The normalized spacial score (nSPS) is 18.5. The van der Waals surface area contributed by atoms with E-state index in [0.29, 0.717) is 40.5 Å². The standard InChI is InChI=1S/C26H23FN2O5/c1-32-13-12-29-24(16-6-8-17(27)9-7-16)23(19-4-2-3-5-20(19)26(29)31)25(30)28-18-10-11-21-22(14-18)34-15-33-21/h2-11,14,23-24H,12-13,15H2,1H3,(H,28,30)/t23-,24-/m1/s1. The van der Waals surface area contributed by atoms with Crippen LogP contribution in [-0.2, 0) is 9.53 Å². The van der Waals surface area contributed by atoms with Crippen molar-refractivity contribution in [3.05, 3.63) is 89.2 Å². The van der Waals surface area contributed by atoms with Gasteiger partial charge in [-0.2, -0.15) is 0 Å². The molecule has 2 aliphatic rings. The highest BCUT2D eigenvalue weighted by molar-refractivity contribution is 6.04. The Bertz CT molecular complexity index is 1230. The Morgan fingerprint density at radius 1 is 1.09 bits per heavy atom. The number of carbonyl (C=O) groups is 2. The summed E-state index contributed by atoms with van der Waals surface area (Å²) in [5, 5.41) is 2.97. The van der Waals surface area contributed by atoms with Gasteiger partial charge in [-0.05, 0) is 41.5 Å². The predicted octanol–water partition coefficient (Wildman–Crippen LogP) is 4.12. The van der Waals surface area contributed by atoms with Crippen LogP contribution < -0.4 is 14.8 Å². The van der Waals surface area contributed by atoms with E-state index in [1.807, 2.05) is 0 Å². The Balaban J connectivity index is 1.58. The van der Waals surface area contributed by atoms with Crippen molar-refractivity contribution in [2.24, 2.45) is 0 Å². The van der Waals surface area contributed by atoms with E-state index >= 15 is 0 Å². The van der Waals surface area contributed by atoms with E-state index in [9.17, 15) is 14.0 Å². The van der Waals surface area contributed by atoms with Gasteiger partial charge in [0.2, 0.25) is 12.7 Å². The van der Waals surface area contributed by atoms with Crippen molar-refractivity contribution in [3.63, 3.8) is 0 Å². The highest BCUT2D eigenvalue weighted by Crippen LogP contribution is 2.43. The van der Waals surface area contributed by atoms with Crippen LogP contribution in [-0.4, -0.2) is 43.8 Å². The molecule has 5 rings (SSSR count). The topological polar surface area (TPSA) is 77.1 Å². The summed E-state index contributed by atoms with van der Waals surface area (Å²) in [6.07, 6.45) is 0. The third-order valence-electron chi connectivity index (χ3n) is 6.11. The second kappa shape index (κ2) is 9.15. The second-order valence-electron chi connectivity index (χ2n) is 8.11. The summed E-state index contributed by atoms with van der Waals surface area (Å²) in [4.78, 5) is 28.9. The first-order chi connectivity index (χ1) is 16.6. The Labute approximate surface area is 196 Å². The van der Waals surface area contributed by atoms with Crippen molar-refractivity contribution in [1.82, 2.24) is 4.90 Å². The van der Waals surface area contributed by atoms with Crippen LogP contribution in [0.5, 0.6) is 11.5 Å². The zero-order valence-corrected chi connectivity index (χ0v) is 18.5. The van der Waals surface area contributed by atoms with Crippen LogP contribution in [0.25, 0.3) is 0 Å². The van der Waals surface area contributed by atoms with Crippen LogP contribution in [0.4, 0.5) is 10.1 Å². The van der Waals surface area contributed by atoms with Gasteiger partial charge in [0.15, 0.2) is 11.5 Å². The molecule has 3 aromatic rings. The highest BCUT2D eigenvalue weighted by atomic mass is 19.1. The summed E-state index contributed by atoms with van der Waals surface area (Å²) in [7, 11) is 1.55. The summed E-state index contributed by atoms with van der Waals surface area (Å²) in [5.41, 5.74) is 2.28. The molecular formula is C26H23FN2O5. The number of fused-ring (bicyclic) bond motifs is 2. The lowest BCUT2D eigenvalue weighted by molar-refractivity contribution is -0.119. The van der Waals surface area contributed by atoms with Crippen LogP contribution in [0.2, 0.25) is 0 Å². The van der Waals surface area contributed by atoms with Gasteiger partial charge in [0.1, 0.15) is 5.82 Å². The smallest absolute Gasteiger partial charge is 0.254 e. The van der Waals surface area contributed by atoms with Gasteiger partial charge in [0.25, 0.3) is 5.91 Å². The van der Waals surface area contributed by atoms with Gasteiger partial charge < -0.3 is 24.4 Å². The van der Waals surface area contributed by atoms with Gasteiger partial charge in [0.05, 0.1) is 18.6 Å². The average Bonchev–Trinajstić information content (AvgIpc) is 3.32. The lowest BCUT2D eigenvalue weighted by Gasteiger charge is -2.41. The maximum atomic E-state index is 13.8. The monoisotopic (exact) mass is 462 g/mol. The number of nitrogens with zero attached hydrogens (tertiary/aromatic N) is 1. The van der Waals surface area contributed by atoms with Crippen LogP contribution in [0.1, 0.15) is 33.4 Å². The molecule has 3 aromatic carbocycles. The third-order valence-corrected chi connectivity index (χ3v) is 6.11. The number of ether oxygens (including phenoxy) is 3. The van der Waals surface area contributed by atoms with Crippen molar-refractivity contribution < 1.29 is 28.2 Å². The van der Waals surface area contributed by atoms with Gasteiger partial charge in [0, 0.05) is 31.0 Å². The first-order valence-corrected chi connectivity index (χ1v) is 10.9. The van der Waals surface area contributed by atoms with Crippen LogP contribution in [0.3, 0.4) is 0 Å². The molecular weight excluding hydrogens is 439 g/mol. The maximum Gasteiger partial charge on any atom is 0.254 e. The molecule has 7 nitrogen and oxygen atoms in total. The Morgan fingerprint density at radius 3 is 2.65 bits per heavy atom. The maximum absolute atomic E-state index is 13.8. The minimum absolute atomic E-state index is 0.131. The minimum Gasteiger partial charge on any atom is -0.454 e. The number of carbonyl (C=O) groups excluding carboxylic acids is 2. The molecule has 2 atom stereocenters. The molecule has 0 saturated carbocycles. The number of halogens is 1. The quantitative estimate of drug-likeness (QED) is 0.596. The molecule has 1 N–H and O–H groups in total. The number of rotatable bonds is 6. The average molecular weight is 462 g/mol. The van der Waals surface area contributed by atoms with Crippen molar-refractivity contribution >= 4 is 17.5 Å². The molecule has 2 heterocycles. The predicted molar refractivity (Wildman–Crippen MR) is 122 cm³/mol. The van der Waals surface area contributed by atoms with Crippen LogP contribution >= 0.6 is 0 Å². The van der Waals surface area contributed by atoms with Gasteiger partial charge >= 0.3 is 0 Å². The van der Waals surface area contributed by atoms with Gasteiger partial charge in [-0.1, -0.05) is 30.3 Å². The van der Waals surface area contributed by atoms with Gasteiger partial charge in [-0.3, -0.25) is 9.59 Å². The number of benzene rings is 3. The highest BCUT2D eigenvalue weighted by Gasteiger charge is 2.44. The molecule has 0 saturated heterocycles. The number of anilines is 1. The molecule has 174 valence electrons. The Kier molecular flexibility index (Phi) is 5.90. The zero-order valence-electron chi connectivity index (χ0n) is 18.5. The molecule has 0 spiro atoms. The first kappa shape index (κ1) is 21.9. The van der Waals surface area contributed by atoms with Crippen molar-refractivity contribution in [2.75, 3.05) is 32.4 Å². The second-order valence-corrected chi connectivity index (χ2v) is 8.11. The fourth-order valence-electron chi connectivity index (χ4n) is 4.54. The van der Waals surface area contributed by atoms with Crippen molar-refractivity contribution in [3.8, 4) is 11.5 Å². The van der Waals surface area contributed by atoms with Crippen LogP contribution in [0.15, 0.2) is 66.7 Å². The molecule has 0 unspecified atom stereocenters. The SMILES string of the molecule is COCCN1C(=O)c2ccccc2[C@@H](C(=O)Nc2ccc3c(c2)OCO3)[C@H]1c1ccc(F)cc1. The first-order valence-electron chi connectivity index (χ1n) is 10.9. The molecule has 0 aromatic heterocycles. The van der Waals surface area contributed by atoms with Crippen molar-refractivity contribution in [1.29, 1.82) is 0 Å². The van der Waals surface area contributed by atoms with E-state index in [1.165, 1.54) is 12.1 Å². The van der Waals surface area contributed by atoms with E-state index < -0.39 is 17.8 Å². The lowest BCUT2D eigenvalue weighted by Crippen LogP contribution is -2.47. The molecule has 2 amide bonds. The molecule has 0 radical (unpaired) electrons. The van der Waals surface area contributed by atoms with E-state index in [0.717, 1.165) is 0 Å². The molecule has 0 fully saturated rings. The van der Waals surface area contributed by atoms with Crippen molar-refractivity contribution in [2.45, 2.75) is 12.0 Å². The molecule has 34 heavy (non-hydrogen) atoms. The Hall–Kier alpha value is -3.91. The Morgan fingerprint density at radius 2 is 1.85 bits per heavy atom. The van der Waals surface area contributed by atoms with Gasteiger partial charge in [-0.15, -0.1) is 0 Å². The number of hydrogen-bond donors (Lipinski definition) is 1. The van der Waals surface area contributed by atoms with E-state index in [4.69, 9.17) is 14.2 Å². The van der Waals surface area contributed by atoms with E-state index in [2.05, 4.69) is 5.32 Å². The number of amides is 2. The number of hydrogen-bond acceptors (Lipinski definition) is 5. The molecule has 0 bridgehead atoms. The van der Waals surface area contributed by atoms with E-state index in [-0.39, 0.29) is 25.2 Å². The summed E-state index contributed by atoms with van der Waals surface area (Å²) in [5.74, 6) is -0.460. The molecule has 8 heteroatoms. The third kappa shape index (κ3) is 3.97. The van der Waals surface area contributed by atoms with Crippen LogP contribution in [0, 0.1) is 5.82 Å². The summed E-state index contributed by atoms with van der Waals surface area (Å²) in [6.45, 7) is 0.702. The zero-order chi connectivity index (χ0) is 23.7. The minimum atomic E-state index is -0.735. The molecule has 2 aliphatic heterocycles. The summed E-state index contributed by atoms with van der Waals surface area (Å²) in [6, 6.07) is 17.5. The lowest BCUT2D eigenvalue weighted by atomic mass is 9.79. The fraction of sp³-hybridized carbons (Fsp3) is 0.231. The van der Waals surface area contributed by atoms with Gasteiger partial charge in [-0.25, -0.2) is 4.39 Å². The largest absolute Gasteiger partial charge is 0.454 e. The van der Waals surface area contributed by atoms with E-state index in [1.54, 1.807) is 66.6 Å². The summed E-state index contributed by atoms with van der Waals surface area (Å²) >= 11 is 0. The summed E-state index contributed by atoms with van der Waals surface area (Å²) < 4.78 is 29.7. The number of nitrogens with one attached hydrogen (secondary N) is 1. The fourth-order valence-corrected chi connectivity index (χ4v) is 4.54. The molecule has 0 aliphatic carbocycles.